The van der Waals surface area contributed by atoms with Gasteiger partial charge in [-0.05, 0) is 25.0 Å². The predicted molar refractivity (Wildman–Crippen MR) is 71.5 cm³/mol. The molecule has 3 heteroatoms. The van der Waals surface area contributed by atoms with E-state index in [0.29, 0.717) is 19.5 Å². The van der Waals surface area contributed by atoms with Gasteiger partial charge in [-0.2, -0.15) is 0 Å². The van der Waals surface area contributed by atoms with Crippen LogP contribution in [0.3, 0.4) is 0 Å². The van der Waals surface area contributed by atoms with Crippen molar-refractivity contribution in [2.45, 2.75) is 33.6 Å². The van der Waals surface area contributed by atoms with Crippen LogP contribution >= 0.6 is 0 Å². The van der Waals surface area contributed by atoms with Crippen molar-refractivity contribution in [2.24, 2.45) is 0 Å². The van der Waals surface area contributed by atoms with Gasteiger partial charge >= 0.3 is 0 Å². The Kier molecular flexibility index (Phi) is 9.44. The average molecular weight is 241 g/mol. The standard InChI is InChI=1S/C12H18FNO.C2H6/c1-3-11(15-2)9-14-8-10-6-4-5-7-12(10)13;1-2/h3-4,6,14H,5,7-9H2,1-2H3;1-2H3/b11-3-;. The monoisotopic (exact) mass is 241 g/mol. The van der Waals surface area contributed by atoms with E-state index in [0.717, 1.165) is 17.8 Å². The number of hydrogen-bond donors (Lipinski definition) is 1. The van der Waals surface area contributed by atoms with Gasteiger partial charge in [0.05, 0.1) is 13.7 Å². The summed E-state index contributed by atoms with van der Waals surface area (Å²) in [5.74, 6) is 0.875. The molecule has 1 rings (SSSR count). The molecule has 0 aliphatic heterocycles. The molecule has 0 heterocycles. The Morgan fingerprint density at radius 3 is 2.76 bits per heavy atom. The van der Waals surface area contributed by atoms with Gasteiger partial charge in [0.1, 0.15) is 11.6 Å². The predicted octanol–water partition coefficient (Wildman–Crippen LogP) is 3.73. The Hall–Kier alpha value is -1.09. The van der Waals surface area contributed by atoms with Gasteiger partial charge in [-0.3, -0.25) is 0 Å². The molecular weight excluding hydrogens is 217 g/mol. The van der Waals surface area contributed by atoms with Gasteiger partial charge < -0.3 is 10.1 Å². The summed E-state index contributed by atoms with van der Waals surface area (Å²) < 4.78 is 18.4. The number of halogens is 1. The highest BCUT2D eigenvalue weighted by atomic mass is 19.1. The van der Waals surface area contributed by atoms with Crippen LogP contribution in [0.15, 0.2) is 35.4 Å². The summed E-state index contributed by atoms with van der Waals surface area (Å²) >= 11 is 0. The van der Waals surface area contributed by atoms with Gasteiger partial charge in [0, 0.05) is 13.0 Å². The lowest BCUT2D eigenvalue weighted by atomic mass is 10.1. The Morgan fingerprint density at radius 1 is 1.53 bits per heavy atom. The van der Waals surface area contributed by atoms with Crippen molar-refractivity contribution in [1.82, 2.24) is 5.32 Å². The average Bonchev–Trinajstić information content (AvgIpc) is 2.39. The summed E-state index contributed by atoms with van der Waals surface area (Å²) in [5.41, 5.74) is 0.757. The lowest BCUT2D eigenvalue weighted by Crippen LogP contribution is -2.21. The maximum atomic E-state index is 13.3. The highest BCUT2D eigenvalue weighted by molar-refractivity contribution is 5.27. The first-order valence-electron chi connectivity index (χ1n) is 6.22. The quantitative estimate of drug-likeness (QED) is 0.741. The number of allylic oxidation sites excluding steroid dienone is 3. The van der Waals surface area contributed by atoms with E-state index in [1.165, 1.54) is 0 Å². The van der Waals surface area contributed by atoms with Crippen LogP contribution in [-0.4, -0.2) is 20.2 Å². The molecule has 0 saturated carbocycles. The normalized spacial score (nSPS) is 15.5. The van der Waals surface area contributed by atoms with Crippen LogP contribution in [0, 0.1) is 0 Å². The molecule has 1 aliphatic carbocycles. The van der Waals surface area contributed by atoms with E-state index in [1.807, 2.05) is 39.0 Å². The van der Waals surface area contributed by atoms with Gasteiger partial charge in [0.15, 0.2) is 0 Å². The number of hydrogen-bond acceptors (Lipinski definition) is 2. The van der Waals surface area contributed by atoms with Crippen LogP contribution in [0.2, 0.25) is 0 Å². The zero-order chi connectivity index (χ0) is 13.1. The fourth-order valence-electron chi connectivity index (χ4n) is 1.45. The zero-order valence-electron chi connectivity index (χ0n) is 11.3. The van der Waals surface area contributed by atoms with Gasteiger partial charge in [-0.15, -0.1) is 0 Å². The smallest absolute Gasteiger partial charge is 0.105 e. The summed E-state index contributed by atoms with van der Waals surface area (Å²) in [7, 11) is 1.64. The van der Waals surface area contributed by atoms with Crippen LogP contribution in [0.4, 0.5) is 4.39 Å². The van der Waals surface area contributed by atoms with Crippen LogP contribution in [0.25, 0.3) is 0 Å². The van der Waals surface area contributed by atoms with Crippen LogP contribution in [-0.2, 0) is 4.74 Å². The van der Waals surface area contributed by atoms with Crippen LogP contribution in [0.5, 0.6) is 0 Å². The largest absolute Gasteiger partial charge is 0.500 e. The minimum Gasteiger partial charge on any atom is -0.500 e. The number of nitrogens with one attached hydrogen (secondary N) is 1. The summed E-state index contributed by atoms with van der Waals surface area (Å²) in [4.78, 5) is 0. The molecule has 2 nitrogen and oxygen atoms in total. The van der Waals surface area contributed by atoms with E-state index in [4.69, 9.17) is 4.74 Å². The lowest BCUT2D eigenvalue weighted by molar-refractivity contribution is 0.279. The molecule has 0 fully saturated rings. The van der Waals surface area contributed by atoms with E-state index in [2.05, 4.69) is 5.32 Å². The molecule has 17 heavy (non-hydrogen) atoms. The summed E-state index contributed by atoms with van der Waals surface area (Å²) in [6.07, 6.45) is 7.11. The van der Waals surface area contributed by atoms with Crippen molar-refractivity contribution in [1.29, 1.82) is 0 Å². The molecule has 0 saturated heterocycles. The third-order valence-electron chi connectivity index (χ3n) is 2.40. The maximum Gasteiger partial charge on any atom is 0.105 e. The Bertz CT molecular complexity index is 293. The van der Waals surface area contributed by atoms with Crippen LogP contribution in [0.1, 0.15) is 33.6 Å². The second-order valence-electron chi connectivity index (χ2n) is 3.43. The number of ether oxygens (including phenoxy) is 1. The first-order valence-corrected chi connectivity index (χ1v) is 6.22. The van der Waals surface area contributed by atoms with Crippen molar-refractivity contribution in [2.75, 3.05) is 20.2 Å². The Balaban J connectivity index is 0.00000121. The minimum atomic E-state index is 0.00412. The van der Waals surface area contributed by atoms with Crippen LogP contribution < -0.4 is 5.32 Å². The molecule has 0 unspecified atom stereocenters. The highest BCUT2D eigenvalue weighted by Crippen LogP contribution is 2.19. The first-order chi connectivity index (χ1) is 8.27. The second kappa shape index (κ2) is 10.1. The van der Waals surface area contributed by atoms with Crippen molar-refractivity contribution in [3.63, 3.8) is 0 Å². The topological polar surface area (TPSA) is 21.3 Å². The van der Waals surface area contributed by atoms with Crippen molar-refractivity contribution in [3.8, 4) is 0 Å². The molecule has 0 bridgehead atoms. The number of methoxy groups -OCH3 is 1. The van der Waals surface area contributed by atoms with Crippen molar-refractivity contribution in [3.05, 3.63) is 35.4 Å². The first kappa shape index (κ1) is 15.9. The Morgan fingerprint density at radius 2 is 2.24 bits per heavy atom. The lowest BCUT2D eigenvalue weighted by Gasteiger charge is -2.11. The molecule has 0 aromatic heterocycles. The summed E-state index contributed by atoms with van der Waals surface area (Å²) in [6.45, 7) is 7.11. The Labute approximate surface area is 104 Å². The van der Waals surface area contributed by atoms with E-state index >= 15 is 0 Å². The highest BCUT2D eigenvalue weighted by Gasteiger charge is 2.07. The zero-order valence-corrected chi connectivity index (χ0v) is 11.3. The third-order valence-corrected chi connectivity index (χ3v) is 2.40. The molecule has 1 N–H and O–H groups in total. The molecule has 0 aromatic rings. The molecule has 0 amide bonds. The molecular formula is C14H24FNO. The van der Waals surface area contributed by atoms with E-state index in [9.17, 15) is 4.39 Å². The third kappa shape index (κ3) is 6.27. The molecule has 1 aliphatic rings. The van der Waals surface area contributed by atoms with Gasteiger partial charge in [0.25, 0.3) is 0 Å². The SMILES string of the molecule is C/C=C(/CNCC1=C(F)CCC=C1)OC.CC. The fourth-order valence-corrected chi connectivity index (χ4v) is 1.45. The van der Waals surface area contributed by atoms with Gasteiger partial charge in [-0.25, -0.2) is 4.39 Å². The van der Waals surface area contributed by atoms with E-state index in [-0.39, 0.29) is 5.83 Å². The molecule has 0 aromatic carbocycles. The molecule has 0 spiro atoms. The van der Waals surface area contributed by atoms with E-state index in [1.54, 1.807) is 7.11 Å². The van der Waals surface area contributed by atoms with Crippen molar-refractivity contribution < 1.29 is 9.13 Å². The number of rotatable bonds is 5. The molecule has 0 atom stereocenters. The summed E-state index contributed by atoms with van der Waals surface area (Å²) in [5, 5.41) is 3.15. The van der Waals surface area contributed by atoms with Gasteiger partial charge in [-0.1, -0.05) is 26.0 Å². The second-order valence-corrected chi connectivity index (χ2v) is 3.43. The minimum absolute atomic E-state index is 0.00412. The maximum absolute atomic E-state index is 13.3. The van der Waals surface area contributed by atoms with Gasteiger partial charge in [0.2, 0.25) is 0 Å². The summed E-state index contributed by atoms with van der Waals surface area (Å²) in [6, 6.07) is 0. The van der Waals surface area contributed by atoms with E-state index < -0.39 is 0 Å². The fraction of sp³-hybridized carbons (Fsp3) is 0.571. The molecule has 0 radical (unpaired) electrons. The van der Waals surface area contributed by atoms with Crippen molar-refractivity contribution >= 4 is 0 Å². The molecule has 98 valence electrons.